The van der Waals surface area contributed by atoms with E-state index in [1.807, 2.05) is 0 Å². The highest BCUT2D eigenvalue weighted by atomic mass is 16.5. The molecule has 0 fully saturated rings. The molecule has 298 valence electrons. The Balaban J connectivity index is 0.000000287. The number of hydrogen-bond donors (Lipinski definition) is 1. The monoisotopic (exact) mass is 797 g/mol. The van der Waals surface area contributed by atoms with E-state index in [0.717, 1.165) is 9.80 Å². The highest BCUT2D eigenvalue weighted by molar-refractivity contribution is 6.22. The average Bonchev–Trinajstić information content (AvgIpc) is 3.61. The molecule has 0 aromatic heterocycles. The summed E-state index contributed by atoms with van der Waals surface area (Å²) in [6.07, 6.45) is 0.633. The number of carbonyl (C=O) groups is 8. The number of fused-ring (bicyclic) bond motifs is 2. The predicted molar refractivity (Wildman–Crippen MR) is 209 cm³/mol. The number of nitrogens with two attached hydrogens (primary N) is 1. The van der Waals surface area contributed by atoms with Crippen molar-refractivity contribution >= 4 is 47.8 Å². The summed E-state index contributed by atoms with van der Waals surface area (Å²) < 4.78 is 21.4. The summed E-state index contributed by atoms with van der Waals surface area (Å²) in [6.45, 7) is 4.86. The molecule has 2 heterocycles. The second kappa shape index (κ2) is 16.4. The molecule has 59 heavy (non-hydrogen) atoms. The molecule has 0 atom stereocenters. The largest absolute Gasteiger partial charge is 0.497 e. The summed E-state index contributed by atoms with van der Waals surface area (Å²) in [6, 6.07) is 25.4. The van der Waals surface area contributed by atoms with Crippen LogP contribution >= 0.6 is 0 Å². The second-order valence-corrected chi connectivity index (χ2v) is 13.8. The van der Waals surface area contributed by atoms with Crippen molar-refractivity contribution in [3.63, 3.8) is 0 Å². The van der Waals surface area contributed by atoms with Crippen LogP contribution in [0.25, 0.3) is 0 Å². The number of aldehydes is 1. The Morgan fingerprint density at radius 2 is 1.05 bits per heavy atom. The second-order valence-electron chi connectivity index (χ2n) is 13.8. The van der Waals surface area contributed by atoms with Gasteiger partial charge in [0.2, 0.25) is 0 Å². The van der Waals surface area contributed by atoms with E-state index >= 15 is 0 Å². The number of rotatable bonds is 9. The van der Waals surface area contributed by atoms with Crippen molar-refractivity contribution in [2.75, 3.05) is 14.2 Å². The van der Waals surface area contributed by atoms with Gasteiger partial charge < -0.3 is 24.7 Å². The van der Waals surface area contributed by atoms with Gasteiger partial charge in [0.25, 0.3) is 23.6 Å². The first-order valence-corrected chi connectivity index (χ1v) is 17.8. The Labute approximate surface area is 336 Å². The molecule has 5 aromatic carbocycles. The molecule has 2 N–H and O–H groups in total. The SMILES string of the molecule is CC(C)(N)N1C(=O)c2ccc(C=O)cc2C1=O.COc1ccc(C(=O)Oc2ccc(OC(=O)c3ccc(OC(=O)c4ccc5c(c4)C(=O)N(C)C5=O)cc3)c(C)c2)cc1. The zero-order valence-corrected chi connectivity index (χ0v) is 32.3. The number of esters is 3. The maximum Gasteiger partial charge on any atom is 0.343 e. The van der Waals surface area contributed by atoms with E-state index in [0.29, 0.717) is 34.3 Å². The van der Waals surface area contributed by atoms with Crippen molar-refractivity contribution in [3.05, 3.63) is 153 Å². The summed E-state index contributed by atoms with van der Waals surface area (Å²) in [5, 5.41) is 0. The zero-order chi connectivity index (χ0) is 42.8. The average molecular weight is 798 g/mol. The minimum Gasteiger partial charge on any atom is -0.497 e. The molecule has 0 saturated carbocycles. The molecule has 4 amide bonds. The van der Waals surface area contributed by atoms with Crippen LogP contribution < -0.4 is 24.7 Å². The molecule has 0 saturated heterocycles. The molecule has 0 unspecified atom stereocenters. The number of benzene rings is 5. The molecular formula is C44H35N3O12. The van der Waals surface area contributed by atoms with E-state index in [4.69, 9.17) is 24.7 Å². The van der Waals surface area contributed by atoms with Crippen molar-refractivity contribution in [1.82, 2.24) is 9.80 Å². The third kappa shape index (κ3) is 8.50. The maximum atomic E-state index is 12.7. The number of nitrogens with zero attached hydrogens (tertiary/aromatic N) is 2. The third-order valence-corrected chi connectivity index (χ3v) is 9.13. The van der Waals surface area contributed by atoms with Gasteiger partial charge in [-0.3, -0.25) is 33.8 Å². The number of hydrogen-bond acceptors (Lipinski definition) is 13. The van der Waals surface area contributed by atoms with Gasteiger partial charge in [-0.2, -0.15) is 0 Å². The minimum atomic E-state index is -1.06. The summed E-state index contributed by atoms with van der Waals surface area (Å²) in [4.78, 5) is 98.7. The molecule has 15 heteroatoms. The Kier molecular flexibility index (Phi) is 11.3. The Morgan fingerprint density at radius 1 is 0.576 bits per heavy atom. The number of ether oxygens (including phenoxy) is 4. The van der Waals surface area contributed by atoms with Gasteiger partial charge in [0.1, 0.15) is 29.3 Å². The standard InChI is InChI=1S/C32H23NO9.C12H12N2O3/c1-18-16-24(41-30(36)19-4-9-22(39-3)10-5-19)13-15-27(18)42-31(37)20-6-11-23(12-7-20)40-32(38)21-8-14-25-26(17-21)29(35)33(2)28(25)34;1-12(2,13)14-10(16)8-4-3-7(6-15)5-9(8)11(14)17/h4-17H,1-3H3;3-6H,13H2,1-2H3. The smallest absolute Gasteiger partial charge is 0.343 e. The van der Waals surface area contributed by atoms with Gasteiger partial charge in [-0.25, -0.2) is 14.4 Å². The first-order valence-electron chi connectivity index (χ1n) is 17.8. The van der Waals surface area contributed by atoms with Crippen LogP contribution in [-0.2, 0) is 0 Å². The summed E-state index contributed by atoms with van der Waals surface area (Å²) in [5.41, 5.74) is 7.19. The number of aryl methyl sites for hydroxylation is 1. The molecule has 2 aliphatic rings. The van der Waals surface area contributed by atoms with Crippen molar-refractivity contribution in [3.8, 4) is 23.0 Å². The first kappa shape index (κ1) is 40.9. The van der Waals surface area contributed by atoms with Gasteiger partial charge in [-0.15, -0.1) is 0 Å². The third-order valence-electron chi connectivity index (χ3n) is 9.13. The first-order chi connectivity index (χ1) is 28.0. The number of amides is 4. The van der Waals surface area contributed by atoms with E-state index in [9.17, 15) is 38.4 Å². The number of methoxy groups -OCH3 is 1. The lowest BCUT2D eigenvalue weighted by Gasteiger charge is -2.29. The highest BCUT2D eigenvalue weighted by Gasteiger charge is 2.42. The van der Waals surface area contributed by atoms with Gasteiger partial charge >= 0.3 is 17.9 Å². The molecule has 0 radical (unpaired) electrons. The van der Waals surface area contributed by atoms with Crippen LogP contribution in [0.4, 0.5) is 0 Å². The van der Waals surface area contributed by atoms with Gasteiger partial charge in [0.05, 0.1) is 51.7 Å². The van der Waals surface area contributed by atoms with Crippen LogP contribution in [0.3, 0.4) is 0 Å². The van der Waals surface area contributed by atoms with Gasteiger partial charge in [-0.1, -0.05) is 6.07 Å². The van der Waals surface area contributed by atoms with Gasteiger partial charge in [-0.05, 0) is 123 Å². The van der Waals surface area contributed by atoms with Crippen LogP contribution in [0.2, 0.25) is 0 Å². The fraction of sp³-hybridized carbons (Fsp3) is 0.136. The topological polar surface area (TPSA) is 206 Å². The molecule has 15 nitrogen and oxygen atoms in total. The summed E-state index contributed by atoms with van der Waals surface area (Å²) >= 11 is 0. The number of imide groups is 2. The van der Waals surface area contributed by atoms with Gasteiger partial charge in [0, 0.05) is 12.6 Å². The van der Waals surface area contributed by atoms with E-state index in [1.165, 1.54) is 87.0 Å². The normalized spacial score (nSPS) is 12.9. The van der Waals surface area contributed by atoms with E-state index in [2.05, 4.69) is 0 Å². The van der Waals surface area contributed by atoms with Gasteiger partial charge in [0.15, 0.2) is 0 Å². The Bertz CT molecular complexity index is 2570. The van der Waals surface area contributed by atoms with Crippen molar-refractivity contribution in [2.24, 2.45) is 5.73 Å². The molecule has 7 rings (SSSR count). The lowest BCUT2D eigenvalue weighted by Crippen LogP contribution is -2.53. The molecule has 0 aliphatic carbocycles. The van der Waals surface area contributed by atoms with E-state index in [-0.39, 0.29) is 45.1 Å². The van der Waals surface area contributed by atoms with E-state index < -0.39 is 47.2 Å². The van der Waals surface area contributed by atoms with Crippen molar-refractivity contribution < 1.29 is 57.3 Å². The quantitative estimate of drug-likeness (QED) is 0.0826. The van der Waals surface area contributed by atoms with Crippen molar-refractivity contribution in [2.45, 2.75) is 26.4 Å². The predicted octanol–water partition coefficient (Wildman–Crippen LogP) is 5.68. The highest BCUT2D eigenvalue weighted by Crippen LogP contribution is 2.29. The van der Waals surface area contributed by atoms with Crippen LogP contribution in [0.5, 0.6) is 23.0 Å². The molecule has 5 aromatic rings. The van der Waals surface area contributed by atoms with Crippen LogP contribution in [0, 0.1) is 6.92 Å². The molecule has 0 spiro atoms. The van der Waals surface area contributed by atoms with Crippen molar-refractivity contribution in [1.29, 1.82) is 0 Å². The fourth-order valence-electron chi connectivity index (χ4n) is 6.02. The van der Waals surface area contributed by atoms with Crippen LogP contribution in [0.15, 0.2) is 103 Å². The lowest BCUT2D eigenvalue weighted by atomic mass is 10.1. The summed E-state index contributed by atoms with van der Waals surface area (Å²) in [7, 11) is 2.90. The Morgan fingerprint density at radius 3 is 1.64 bits per heavy atom. The fourth-order valence-corrected chi connectivity index (χ4v) is 6.02. The Hall–Kier alpha value is -7.78. The minimum absolute atomic E-state index is 0.0993. The number of carbonyl (C=O) groups excluding carboxylic acids is 8. The summed E-state index contributed by atoms with van der Waals surface area (Å²) in [5.74, 6) is -2.40. The van der Waals surface area contributed by atoms with Crippen LogP contribution in [0.1, 0.15) is 102 Å². The molecular weight excluding hydrogens is 762 g/mol. The molecule has 0 bridgehead atoms. The van der Waals surface area contributed by atoms with Crippen LogP contribution in [-0.4, -0.2) is 77.4 Å². The molecule has 2 aliphatic heterocycles. The maximum absolute atomic E-state index is 12.7. The lowest BCUT2D eigenvalue weighted by molar-refractivity contribution is 0.0487. The zero-order valence-electron chi connectivity index (χ0n) is 32.3. The van der Waals surface area contributed by atoms with E-state index in [1.54, 1.807) is 51.1 Å².